The van der Waals surface area contributed by atoms with E-state index in [-0.39, 0.29) is 11.9 Å². The average Bonchev–Trinajstić information content (AvgIpc) is 2.33. The van der Waals surface area contributed by atoms with E-state index in [9.17, 15) is 4.79 Å². The van der Waals surface area contributed by atoms with Gasteiger partial charge in [-0.1, -0.05) is 11.9 Å². The molecule has 58 valence electrons. The zero-order chi connectivity index (χ0) is 7.56. The molecule has 1 amide bonds. The Morgan fingerprint density at radius 2 is 2.50 bits per heavy atom. The van der Waals surface area contributed by atoms with Gasteiger partial charge in [-0.05, 0) is 19.1 Å². The normalized spacial score (nSPS) is 27.1. The van der Waals surface area contributed by atoms with Gasteiger partial charge in [0.2, 0.25) is 5.91 Å². The minimum absolute atomic E-state index is 0.0185. The van der Waals surface area contributed by atoms with Crippen LogP contribution < -0.4 is 5.73 Å². The second-order valence-corrected chi connectivity index (χ2v) is 3.22. The van der Waals surface area contributed by atoms with E-state index in [1.807, 2.05) is 10.6 Å². The summed E-state index contributed by atoms with van der Waals surface area (Å²) in [6, 6.07) is -0.0185. The number of carbonyl (C=O) groups excluding carboxylic acids is 1. The number of hydrogen-bond acceptors (Lipinski definition) is 3. The van der Waals surface area contributed by atoms with Crippen LogP contribution in [0.25, 0.3) is 0 Å². The Kier molecular flexibility index (Phi) is 2.56. The van der Waals surface area contributed by atoms with Crippen LogP contribution >= 0.6 is 11.9 Å². The van der Waals surface area contributed by atoms with Gasteiger partial charge in [-0.15, -0.1) is 0 Å². The maximum atomic E-state index is 10.7. The van der Waals surface area contributed by atoms with Crippen molar-refractivity contribution in [1.29, 1.82) is 0 Å². The smallest absolute Gasteiger partial charge is 0.235 e. The fourth-order valence-electron chi connectivity index (χ4n) is 1.24. The molecule has 1 fully saturated rings. The quantitative estimate of drug-likeness (QED) is 0.587. The van der Waals surface area contributed by atoms with Gasteiger partial charge in [-0.2, -0.15) is 0 Å². The van der Waals surface area contributed by atoms with Gasteiger partial charge in [-0.3, -0.25) is 4.79 Å². The van der Waals surface area contributed by atoms with Crippen LogP contribution in [-0.4, -0.2) is 29.1 Å². The summed E-state index contributed by atoms with van der Waals surface area (Å²) in [5.41, 5.74) is 5.17. The lowest BCUT2D eigenvalue weighted by atomic mass is 10.2. The van der Waals surface area contributed by atoms with Gasteiger partial charge in [0.1, 0.15) is 0 Å². The highest BCUT2D eigenvalue weighted by atomic mass is 32.2. The molecule has 2 N–H and O–H groups in total. The number of nitrogens with two attached hydrogens (primary N) is 1. The fourth-order valence-corrected chi connectivity index (χ4v) is 2.02. The van der Waals surface area contributed by atoms with Crippen molar-refractivity contribution in [2.45, 2.75) is 18.9 Å². The molecule has 1 aliphatic rings. The fraction of sp³-hybridized carbons (Fsp3) is 0.833. The standard InChI is InChI=1S/C6H12N2OS/c1-10-8-4-2-3-5(8)6(7)9/h5H,2-4H2,1H3,(H2,7,9)/t5-/m0/s1. The number of carbonyl (C=O) groups is 1. The van der Waals surface area contributed by atoms with Crippen molar-refractivity contribution in [2.24, 2.45) is 5.73 Å². The lowest BCUT2D eigenvalue weighted by Gasteiger charge is -2.17. The van der Waals surface area contributed by atoms with E-state index in [1.165, 1.54) is 0 Å². The molecule has 0 radical (unpaired) electrons. The van der Waals surface area contributed by atoms with Crippen LogP contribution in [0.3, 0.4) is 0 Å². The topological polar surface area (TPSA) is 46.3 Å². The number of primary amides is 1. The number of nitrogens with zero attached hydrogens (tertiary/aromatic N) is 1. The highest BCUT2D eigenvalue weighted by molar-refractivity contribution is 7.96. The molecular formula is C6H12N2OS. The number of amides is 1. The molecule has 1 heterocycles. The second-order valence-electron chi connectivity index (χ2n) is 2.38. The van der Waals surface area contributed by atoms with E-state index in [2.05, 4.69) is 0 Å². The zero-order valence-corrected chi connectivity index (χ0v) is 6.86. The monoisotopic (exact) mass is 160 g/mol. The van der Waals surface area contributed by atoms with Crippen molar-refractivity contribution in [3.63, 3.8) is 0 Å². The third-order valence-corrected chi connectivity index (χ3v) is 2.67. The molecule has 10 heavy (non-hydrogen) atoms. The molecule has 4 heteroatoms. The Hall–Kier alpha value is -0.220. The van der Waals surface area contributed by atoms with Gasteiger partial charge < -0.3 is 5.73 Å². The Balaban J connectivity index is 2.50. The van der Waals surface area contributed by atoms with Gasteiger partial charge in [-0.25, -0.2) is 4.31 Å². The van der Waals surface area contributed by atoms with Crippen LogP contribution in [0.5, 0.6) is 0 Å². The first-order chi connectivity index (χ1) is 4.75. The van der Waals surface area contributed by atoms with Crippen LogP contribution in [0, 0.1) is 0 Å². The Morgan fingerprint density at radius 3 is 2.90 bits per heavy atom. The molecule has 3 nitrogen and oxygen atoms in total. The van der Waals surface area contributed by atoms with Gasteiger partial charge in [0.25, 0.3) is 0 Å². The predicted molar refractivity (Wildman–Crippen MR) is 42.4 cm³/mol. The van der Waals surface area contributed by atoms with Gasteiger partial charge in [0.15, 0.2) is 0 Å². The lowest BCUT2D eigenvalue weighted by Crippen LogP contribution is -2.36. The van der Waals surface area contributed by atoms with Crippen LogP contribution in [0.4, 0.5) is 0 Å². The highest BCUT2D eigenvalue weighted by Crippen LogP contribution is 2.22. The molecule has 0 aromatic rings. The van der Waals surface area contributed by atoms with Crippen LogP contribution in [0.2, 0.25) is 0 Å². The van der Waals surface area contributed by atoms with E-state index in [4.69, 9.17) is 5.73 Å². The van der Waals surface area contributed by atoms with Crippen molar-refractivity contribution in [2.75, 3.05) is 12.8 Å². The molecule has 1 aliphatic heterocycles. The summed E-state index contributed by atoms with van der Waals surface area (Å²) < 4.78 is 2.04. The minimum Gasteiger partial charge on any atom is -0.368 e. The largest absolute Gasteiger partial charge is 0.368 e. The summed E-state index contributed by atoms with van der Waals surface area (Å²) in [6.45, 7) is 0.995. The molecule has 0 aromatic heterocycles. The summed E-state index contributed by atoms with van der Waals surface area (Å²) in [5, 5.41) is 0. The van der Waals surface area contributed by atoms with Gasteiger partial charge in [0.05, 0.1) is 6.04 Å². The van der Waals surface area contributed by atoms with Gasteiger partial charge >= 0.3 is 0 Å². The van der Waals surface area contributed by atoms with Crippen molar-refractivity contribution < 1.29 is 4.79 Å². The summed E-state index contributed by atoms with van der Waals surface area (Å²) in [5.74, 6) is -0.188. The third-order valence-electron chi connectivity index (χ3n) is 1.77. The van der Waals surface area contributed by atoms with E-state index in [0.29, 0.717) is 0 Å². The first-order valence-corrected chi connectivity index (χ1v) is 4.54. The molecule has 0 spiro atoms. The average molecular weight is 160 g/mol. The predicted octanol–water partition coefficient (Wildman–Crippen LogP) is 0.214. The molecule has 0 unspecified atom stereocenters. The van der Waals surface area contributed by atoms with E-state index in [0.717, 1.165) is 19.4 Å². The third kappa shape index (κ3) is 1.44. The van der Waals surface area contributed by atoms with Crippen molar-refractivity contribution in [3.8, 4) is 0 Å². The zero-order valence-electron chi connectivity index (χ0n) is 6.04. The molecule has 1 atom stereocenters. The highest BCUT2D eigenvalue weighted by Gasteiger charge is 2.27. The summed E-state index contributed by atoms with van der Waals surface area (Å²) >= 11 is 1.60. The molecule has 0 saturated carbocycles. The summed E-state index contributed by atoms with van der Waals surface area (Å²) in [6.07, 6.45) is 3.99. The molecular weight excluding hydrogens is 148 g/mol. The molecule has 1 rings (SSSR count). The van der Waals surface area contributed by atoms with Crippen molar-refractivity contribution >= 4 is 17.9 Å². The molecule has 0 aliphatic carbocycles. The van der Waals surface area contributed by atoms with Crippen LogP contribution in [-0.2, 0) is 4.79 Å². The van der Waals surface area contributed by atoms with E-state index < -0.39 is 0 Å². The van der Waals surface area contributed by atoms with Crippen molar-refractivity contribution in [1.82, 2.24) is 4.31 Å². The Labute approximate surface area is 65.1 Å². The molecule has 0 bridgehead atoms. The maximum Gasteiger partial charge on any atom is 0.235 e. The van der Waals surface area contributed by atoms with E-state index >= 15 is 0 Å². The first-order valence-electron chi connectivity index (χ1n) is 3.35. The minimum atomic E-state index is -0.188. The lowest BCUT2D eigenvalue weighted by molar-refractivity contribution is -0.120. The number of hydrogen-bond donors (Lipinski definition) is 1. The molecule has 1 saturated heterocycles. The number of rotatable bonds is 2. The maximum absolute atomic E-state index is 10.7. The van der Waals surface area contributed by atoms with Crippen LogP contribution in [0.15, 0.2) is 0 Å². The van der Waals surface area contributed by atoms with Crippen molar-refractivity contribution in [3.05, 3.63) is 0 Å². The molecule has 0 aromatic carbocycles. The SMILES string of the molecule is CSN1CCC[C@H]1C(N)=O. The van der Waals surface area contributed by atoms with Crippen LogP contribution in [0.1, 0.15) is 12.8 Å². The summed E-state index contributed by atoms with van der Waals surface area (Å²) in [7, 11) is 0. The Morgan fingerprint density at radius 1 is 1.80 bits per heavy atom. The first kappa shape index (κ1) is 7.88. The van der Waals surface area contributed by atoms with Gasteiger partial charge in [0, 0.05) is 6.54 Å². The van der Waals surface area contributed by atoms with E-state index in [1.54, 1.807) is 11.9 Å². The Bertz CT molecular complexity index is 140. The second kappa shape index (κ2) is 3.25. The summed E-state index contributed by atoms with van der Waals surface area (Å²) in [4.78, 5) is 10.7.